The van der Waals surface area contributed by atoms with Crippen molar-refractivity contribution in [3.63, 3.8) is 0 Å². The summed E-state index contributed by atoms with van der Waals surface area (Å²) in [6.45, 7) is 5.49. The predicted octanol–water partition coefficient (Wildman–Crippen LogP) is 3.96. The molecule has 2 fully saturated rings. The lowest BCUT2D eigenvalue weighted by molar-refractivity contribution is -0.135. The van der Waals surface area contributed by atoms with Gasteiger partial charge < -0.3 is 4.90 Å². The maximum atomic E-state index is 13.6. The zero-order valence-corrected chi connectivity index (χ0v) is 17.6. The number of hydrogen-bond donors (Lipinski definition) is 0. The molecule has 0 bridgehead atoms. The molecule has 2 amide bonds. The summed E-state index contributed by atoms with van der Waals surface area (Å²) in [6, 6.07) is 11.9. The fourth-order valence-electron chi connectivity index (χ4n) is 5.15. The molecule has 3 aliphatic heterocycles. The van der Waals surface area contributed by atoms with Gasteiger partial charge in [-0.1, -0.05) is 45.0 Å². The highest BCUT2D eigenvalue weighted by Gasteiger charge is 2.65. The van der Waals surface area contributed by atoms with Crippen LogP contribution >= 0.6 is 0 Å². The largest absolute Gasteiger partial charge is 0.359 e. The second-order valence-corrected chi connectivity index (χ2v) is 9.44. The summed E-state index contributed by atoms with van der Waals surface area (Å²) in [4.78, 5) is 43.8. The number of anilines is 1. The number of carbonyl (C=O) groups is 3. The minimum atomic E-state index is -0.787. The van der Waals surface area contributed by atoms with Crippen molar-refractivity contribution < 1.29 is 18.8 Å². The number of hydrogen-bond acceptors (Lipinski definition) is 4. The Kier molecular flexibility index (Phi) is 4.19. The summed E-state index contributed by atoms with van der Waals surface area (Å²) in [7, 11) is 0. The first-order valence-electron chi connectivity index (χ1n) is 10.4. The molecular weight excluding hydrogens is 395 g/mol. The molecule has 0 spiro atoms. The van der Waals surface area contributed by atoms with E-state index < -0.39 is 41.1 Å². The van der Waals surface area contributed by atoms with Crippen LogP contribution in [0.1, 0.15) is 37.9 Å². The van der Waals surface area contributed by atoms with Crippen molar-refractivity contribution in [3.8, 4) is 0 Å². The monoisotopic (exact) mass is 418 g/mol. The normalized spacial score (nSPS) is 26.7. The maximum absolute atomic E-state index is 13.6. The Morgan fingerprint density at radius 2 is 1.58 bits per heavy atom. The van der Waals surface area contributed by atoms with Crippen molar-refractivity contribution in [2.45, 2.75) is 32.9 Å². The highest BCUT2D eigenvalue weighted by atomic mass is 19.1. The van der Waals surface area contributed by atoms with Crippen LogP contribution in [0.2, 0.25) is 0 Å². The molecular formula is C25H23FN2O3. The first-order chi connectivity index (χ1) is 14.7. The average Bonchev–Trinajstić information content (AvgIpc) is 3.20. The van der Waals surface area contributed by atoms with E-state index in [-0.39, 0.29) is 11.7 Å². The van der Waals surface area contributed by atoms with E-state index in [1.165, 1.54) is 24.3 Å². The molecule has 0 radical (unpaired) electrons. The lowest BCUT2D eigenvalue weighted by Crippen LogP contribution is -2.47. The third-order valence-corrected chi connectivity index (χ3v) is 6.55. The van der Waals surface area contributed by atoms with E-state index in [2.05, 4.69) is 0 Å². The van der Waals surface area contributed by atoms with E-state index in [4.69, 9.17) is 0 Å². The Balaban J connectivity index is 1.66. The summed E-state index contributed by atoms with van der Waals surface area (Å²) >= 11 is 0. The van der Waals surface area contributed by atoms with Crippen LogP contribution in [-0.2, 0) is 14.4 Å². The average molecular weight is 418 g/mol. The number of halogens is 1. The van der Waals surface area contributed by atoms with E-state index in [0.717, 1.165) is 16.0 Å². The molecule has 0 aliphatic carbocycles. The Hall–Kier alpha value is -3.28. The van der Waals surface area contributed by atoms with Crippen molar-refractivity contribution >= 4 is 29.4 Å². The quantitative estimate of drug-likeness (QED) is 0.693. The van der Waals surface area contributed by atoms with Crippen LogP contribution in [0.25, 0.3) is 6.08 Å². The van der Waals surface area contributed by atoms with Crippen LogP contribution in [-0.4, -0.2) is 28.5 Å². The summed E-state index contributed by atoms with van der Waals surface area (Å²) in [6.07, 6.45) is 3.78. The molecule has 2 saturated heterocycles. The second-order valence-electron chi connectivity index (χ2n) is 9.44. The smallest absolute Gasteiger partial charge is 0.240 e. The van der Waals surface area contributed by atoms with E-state index >= 15 is 0 Å². The number of Topliss-reactive ketones (excluding diaryl/α,β-unsaturated/α-hetero) is 1. The van der Waals surface area contributed by atoms with E-state index in [1.54, 1.807) is 0 Å². The van der Waals surface area contributed by atoms with Gasteiger partial charge in [0.2, 0.25) is 11.8 Å². The zero-order valence-electron chi connectivity index (χ0n) is 17.6. The SMILES string of the molecule is CC(C)(C)C(=O)C1C2C(=O)N(c3ccc(F)cc3)C(=O)C2C2c3ccccc3C=CN12. The molecule has 6 heteroatoms. The van der Waals surface area contributed by atoms with Crippen LogP contribution < -0.4 is 4.90 Å². The molecule has 0 saturated carbocycles. The van der Waals surface area contributed by atoms with Crippen LogP contribution in [0.5, 0.6) is 0 Å². The number of imide groups is 1. The molecule has 3 aliphatic rings. The Morgan fingerprint density at radius 1 is 0.935 bits per heavy atom. The van der Waals surface area contributed by atoms with Gasteiger partial charge in [-0.2, -0.15) is 0 Å². The number of rotatable bonds is 2. The van der Waals surface area contributed by atoms with Gasteiger partial charge in [-0.3, -0.25) is 14.4 Å². The summed E-state index contributed by atoms with van der Waals surface area (Å²) in [5.41, 5.74) is 1.57. The predicted molar refractivity (Wildman–Crippen MR) is 114 cm³/mol. The molecule has 158 valence electrons. The molecule has 4 atom stereocenters. The minimum Gasteiger partial charge on any atom is -0.359 e. The first kappa shape index (κ1) is 19.7. The van der Waals surface area contributed by atoms with E-state index in [9.17, 15) is 18.8 Å². The number of ketones is 1. The van der Waals surface area contributed by atoms with Gasteiger partial charge in [0.25, 0.3) is 0 Å². The van der Waals surface area contributed by atoms with Crippen LogP contribution in [0.15, 0.2) is 54.7 Å². The van der Waals surface area contributed by atoms with E-state index in [1.807, 2.05) is 62.2 Å². The Morgan fingerprint density at radius 3 is 2.26 bits per heavy atom. The third-order valence-electron chi connectivity index (χ3n) is 6.55. The molecule has 4 unspecified atom stereocenters. The number of nitrogens with zero attached hydrogens (tertiary/aromatic N) is 2. The minimum absolute atomic E-state index is 0.0730. The summed E-state index contributed by atoms with van der Waals surface area (Å²) in [5.74, 6) is -2.72. The topological polar surface area (TPSA) is 57.7 Å². The third kappa shape index (κ3) is 2.77. The van der Waals surface area contributed by atoms with Gasteiger partial charge in [0.1, 0.15) is 11.9 Å². The van der Waals surface area contributed by atoms with Gasteiger partial charge in [0, 0.05) is 11.6 Å². The molecule has 0 N–H and O–H groups in total. The number of amides is 2. The van der Waals surface area contributed by atoms with Crippen LogP contribution in [0, 0.1) is 23.1 Å². The van der Waals surface area contributed by atoms with Crippen LogP contribution in [0.3, 0.4) is 0 Å². The van der Waals surface area contributed by atoms with Gasteiger partial charge in [-0.05, 0) is 41.5 Å². The van der Waals surface area contributed by atoms with Crippen molar-refractivity contribution in [1.29, 1.82) is 0 Å². The lowest BCUT2D eigenvalue weighted by Gasteiger charge is -2.37. The zero-order chi connectivity index (χ0) is 22.1. The number of benzene rings is 2. The van der Waals surface area contributed by atoms with Gasteiger partial charge in [0.15, 0.2) is 5.78 Å². The van der Waals surface area contributed by atoms with Gasteiger partial charge >= 0.3 is 0 Å². The molecule has 2 aromatic rings. The molecule has 0 aromatic heterocycles. The molecule has 31 heavy (non-hydrogen) atoms. The number of fused-ring (bicyclic) bond motifs is 5. The van der Waals surface area contributed by atoms with Crippen LogP contribution in [0.4, 0.5) is 10.1 Å². The lowest BCUT2D eigenvalue weighted by atomic mass is 9.79. The van der Waals surface area contributed by atoms with Crippen molar-refractivity contribution in [1.82, 2.24) is 4.90 Å². The standard InChI is InChI=1S/C25H23FN2O3/c1-25(2,3)22(29)21-19-18(20-17-7-5-4-6-14(17)12-13-27(20)21)23(30)28(24(19)31)16-10-8-15(26)9-11-16/h4-13,18-21H,1-3H3. The molecule has 5 nitrogen and oxygen atoms in total. The van der Waals surface area contributed by atoms with Gasteiger partial charge in [0.05, 0.1) is 23.6 Å². The highest BCUT2D eigenvalue weighted by Crippen LogP contribution is 2.54. The van der Waals surface area contributed by atoms with Gasteiger partial charge in [-0.25, -0.2) is 9.29 Å². The summed E-state index contributed by atoms with van der Waals surface area (Å²) < 4.78 is 13.4. The Labute approximate surface area is 180 Å². The van der Waals surface area contributed by atoms with E-state index in [0.29, 0.717) is 5.69 Å². The van der Waals surface area contributed by atoms with Crippen molar-refractivity contribution in [2.24, 2.45) is 17.3 Å². The van der Waals surface area contributed by atoms with Crippen molar-refractivity contribution in [3.05, 3.63) is 71.7 Å². The molecule has 2 aromatic carbocycles. The fraction of sp³-hybridized carbons (Fsp3) is 0.320. The molecule has 3 heterocycles. The highest BCUT2D eigenvalue weighted by molar-refractivity contribution is 6.24. The van der Waals surface area contributed by atoms with Gasteiger partial charge in [-0.15, -0.1) is 0 Å². The molecule has 5 rings (SSSR count). The van der Waals surface area contributed by atoms with Crippen molar-refractivity contribution in [2.75, 3.05) is 4.90 Å². The summed E-state index contributed by atoms with van der Waals surface area (Å²) in [5, 5.41) is 0. The fourth-order valence-corrected chi connectivity index (χ4v) is 5.15. The second kappa shape index (κ2) is 6.61. The first-order valence-corrected chi connectivity index (χ1v) is 10.4. The maximum Gasteiger partial charge on any atom is 0.240 e. The Bertz CT molecular complexity index is 1130. The number of carbonyl (C=O) groups excluding carboxylic acids is 3.